The summed E-state index contributed by atoms with van der Waals surface area (Å²) < 4.78 is 0. The van der Waals surface area contributed by atoms with Gasteiger partial charge in [0.05, 0.1) is 0 Å². The molecule has 162 valence electrons. The molecule has 1 aromatic rings. The molecule has 4 unspecified atom stereocenters. The lowest BCUT2D eigenvalue weighted by molar-refractivity contribution is -0.137. The van der Waals surface area contributed by atoms with Crippen LogP contribution in [0.3, 0.4) is 0 Å². The van der Waals surface area contributed by atoms with Crippen molar-refractivity contribution in [3.05, 3.63) is 35.9 Å². The van der Waals surface area contributed by atoms with Gasteiger partial charge < -0.3 is 10.6 Å². The average molecular weight is 399 g/mol. The summed E-state index contributed by atoms with van der Waals surface area (Å²) in [6.45, 7) is 10.9. The third-order valence-electron chi connectivity index (χ3n) is 7.23. The van der Waals surface area contributed by atoms with Crippen LogP contribution in [0.5, 0.6) is 0 Å². The van der Waals surface area contributed by atoms with Crippen molar-refractivity contribution in [2.45, 2.75) is 90.5 Å². The predicted octanol–water partition coefficient (Wildman–Crippen LogP) is 5.45. The summed E-state index contributed by atoms with van der Waals surface area (Å²) in [7, 11) is 0. The van der Waals surface area contributed by atoms with Gasteiger partial charge in [0.2, 0.25) is 5.91 Å². The number of benzene rings is 1. The lowest BCUT2D eigenvalue weighted by Gasteiger charge is -2.54. The van der Waals surface area contributed by atoms with Crippen LogP contribution in [0.15, 0.2) is 30.3 Å². The van der Waals surface area contributed by atoms with Crippen molar-refractivity contribution in [3.8, 4) is 0 Å². The zero-order valence-corrected chi connectivity index (χ0v) is 19.1. The van der Waals surface area contributed by atoms with Gasteiger partial charge in [-0.2, -0.15) is 0 Å². The van der Waals surface area contributed by atoms with E-state index in [0.717, 1.165) is 44.7 Å². The molecule has 4 atom stereocenters. The fourth-order valence-electron chi connectivity index (χ4n) is 6.42. The normalized spacial score (nSPS) is 34.6. The summed E-state index contributed by atoms with van der Waals surface area (Å²) in [4.78, 5) is 13.3. The minimum Gasteiger partial charge on any atom is -0.353 e. The molecule has 3 nitrogen and oxygen atoms in total. The van der Waals surface area contributed by atoms with Crippen LogP contribution >= 0.6 is 0 Å². The van der Waals surface area contributed by atoms with E-state index in [2.05, 4.69) is 68.7 Å². The number of carbonyl (C=O) groups excluding carboxylic acids is 1. The molecule has 1 amide bonds. The maximum atomic E-state index is 13.3. The number of nitrogens with one attached hydrogen (secondary N) is 2. The summed E-state index contributed by atoms with van der Waals surface area (Å²) in [5.74, 6) is 1.74. The number of piperidine rings is 1. The highest BCUT2D eigenvalue weighted by molar-refractivity contribution is 5.83. The van der Waals surface area contributed by atoms with Crippen LogP contribution in [0.4, 0.5) is 0 Å². The van der Waals surface area contributed by atoms with Gasteiger partial charge in [-0.1, -0.05) is 64.4 Å². The Morgan fingerprint density at radius 1 is 1.10 bits per heavy atom. The third kappa shape index (κ3) is 5.23. The molecule has 3 heteroatoms. The second-order valence-electron chi connectivity index (χ2n) is 10.4. The van der Waals surface area contributed by atoms with Crippen molar-refractivity contribution in [1.29, 1.82) is 0 Å². The average Bonchev–Trinajstić information content (AvgIpc) is 2.69. The Hall–Kier alpha value is -1.35. The molecule has 2 N–H and O–H groups in total. The highest BCUT2D eigenvalue weighted by atomic mass is 16.2. The van der Waals surface area contributed by atoms with Crippen molar-refractivity contribution in [3.63, 3.8) is 0 Å². The number of fused-ring (bicyclic) bond motifs is 2. The van der Waals surface area contributed by atoms with Gasteiger partial charge in [-0.25, -0.2) is 0 Å². The van der Waals surface area contributed by atoms with Crippen LogP contribution in [0.25, 0.3) is 0 Å². The Balaban J connectivity index is 0.000000755. The van der Waals surface area contributed by atoms with Crippen LogP contribution in [-0.2, 0) is 10.2 Å². The van der Waals surface area contributed by atoms with Crippen molar-refractivity contribution in [1.82, 2.24) is 10.6 Å². The summed E-state index contributed by atoms with van der Waals surface area (Å²) in [6.07, 6.45) is 9.20. The number of carbonyl (C=O) groups is 1. The molecular weight excluding hydrogens is 356 g/mol. The Labute approximate surface area is 178 Å². The van der Waals surface area contributed by atoms with E-state index < -0.39 is 0 Å². The van der Waals surface area contributed by atoms with Gasteiger partial charge in [0.15, 0.2) is 0 Å². The minimum atomic E-state index is -0.232. The van der Waals surface area contributed by atoms with Crippen LogP contribution in [-0.4, -0.2) is 25.0 Å². The molecule has 1 aliphatic heterocycles. The molecule has 1 aromatic carbocycles. The molecule has 0 spiro atoms. The molecule has 3 fully saturated rings. The topological polar surface area (TPSA) is 41.1 Å². The number of rotatable bonds is 3. The van der Waals surface area contributed by atoms with E-state index in [1.807, 2.05) is 0 Å². The molecule has 2 saturated carbocycles. The third-order valence-corrected chi connectivity index (χ3v) is 7.23. The van der Waals surface area contributed by atoms with Crippen molar-refractivity contribution in [2.75, 3.05) is 13.1 Å². The summed E-state index contributed by atoms with van der Waals surface area (Å²) in [5, 5.41) is 6.81. The van der Waals surface area contributed by atoms with Crippen LogP contribution < -0.4 is 10.6 Å². The lowest BCUT2D eigenvalue weighted by atomic mass is 9.50. The van der Waals surface area contributed by atoms with Gasteiger partial charge in [-0.15, -0.1) is 0 Å². The molecule has 2 aliphatic carbocycles. The highest BCUT2D eigenvalue weighted by Crippen LogP contribution is 2.58. The van der Waals surface area contributed by atoms with Gasteiger partial charge in [-0.05, 0) is 80.8 Å². The molecule has 0 radical (unpaired) electrons. The van der Waals surface area contributed by atoms with Crippen molar-refractivity contribution >= 4 is 5.91 Å². The Bertz CT molecular complexity index is 650. The van der Waals surface area contributed by atoms with E-state index in [1.165, 1.54) is 31.2 Å². The highest BCUT2D eigenvalue weighted by Gasteiger charge is 2.53. The fourth-order valence-corrected chi connectivity index (χ4v) is 6.42. The second-order valence-corrected chi connectivity index (χ2v) is 10.4. The van der Waals surface area contributed by atoms with Gasteiger partial charge in [-0.3, -0.25) is 4.79 Å². The van der Waals surface area contributed by atoms with Crippen molar-refractivity contribution < 1.29 is 4.79 Å². The molecule has 3 aliphatic rings. The Morgan fingerprint density at radius 3 is 2.41 bits per heavy atom. The maximum Gasteiger partial charge on any atom is 0.226 e. The minimum absolute atomic E-state index is 0.183. The van der Waals surface area contributed by atoms with Crippen LogP contribution in [0, 0.1) is 17.3 Å². The molecule has 1 heterocycles. The smallest absolute Gasteiger partial charge is 0.226 e. The molecular formula is C26H42N2O. The first-order valence-electron chi connectivity index (χ1n) is 12.0. The van der Waals surface area contributed by atoms with E-state index in [0.29, 0.717) is 17.9 Å². The van der Waals surface area contributed by atoms with Crippen LogP contribution in [0.2, 0.25) is 0 Å². The van der Waals surface area contributed by atoms with Gasteiger partial charge >= 0.3 is 0 Å². The quantitative estimate of drug-likeness (QED) is 0.711. The zero-order chi connectivity index (χ0) is 20.9. The standard InChI is InChI=1S/C23H34N2O.C3H8/c1-17-12-18-14-22(2,21(26)25-20-8-10-24-11-9-20)16-23(13-17,15-18)19-6-4-3-5-7-19;1-3-2/h3-7,17-18,20,24H,8-16H2,1-2H3,(H,25,26);3H2,1-2H3. The summed E-state index contributed by atoms with van der Waals surface area (Å²) in [6, 6.07) is 11.4. The molecule has 1 saturated heterocycles. The lowest BCUT2D eigenvalue weighted by Crippen LogP contribution is -2.54. The summed E-state index contributed by atoms with van der Waals surface area (Å²) >= 11 is 0. The molecule has 29 heavy (non-hydrogen) atoms. The zero-order valence-electron chi connectivity index (χ0n) is 19.1. The van der Waals surface area contributed by atoms with E-state index in [4.69, 9.17) is 0 Å². The summed E-state index contributed by atoms with van der Waals surface area (Å²) in [5.41, 5.74) is 1.41. The van der Waals surface area contributed by atoms with Crippen LogP contribution in [0.1, 0.15) is 84.6 Å². The van der Waals surface area contributed by atoms with Gasteiger partial charge in [0.25, 0.3) is 0 Å². The predicted molar refractivity (Wildman–Crippen MR) is 122 cm³/mol. The number of amides is 1. The first-order chi connectivity index (χ1) is 13.9. The molecule has 0 aromatic heterocycles. The molecule has 2 bridgehead atoms. The monoisotopic (exact) mass is 398 g/mol. The first kappa shape index (κ1) is 22.3. The van der Waals surface area contributed by atoms with E-state index >= 15 is 0 Å². The van der Waals surface area contributed by atoms with Gasteiger partial charge in [0.1, 0.15) is 0 Å². The largest absolute Gasteiger partial charge is 0.353 e. The van der Waals surface area contributed by atoms with E-state index in [1.54, 1.807) is 0 Å². The second kappa shape index (κ2) is 9.64. The van der Waals surface area contributed by atoms with E-state index in [-0.39, 0.29) is 10.8 Å². The first-order valence-corrected chi connectivity index (χ1v) is 12.0. The Morgan fingerprint density at radius 2 is 1.76 bits per heavy atom. The number of hydrogen-bond donors (Lipinski definition) is 2. The SMILES string of the molecule is CC1CC2CC(C)(C(=O)NC3CCNCC3)CC(c3ccccc3)(C1)C2.CCC. The molecule has 4 rings (SSSR count). The Kier molecular flexibility index (Phi) is 7.42. The fraction of sp³-hybridized carbons (Fsp3) is 0.731. The van der Waals surface area contributed by atoms with Gasteiger partial charge in [0, 0.05) is 11.5 Å². The maximum absolute atomic E-state index is 13.3. The number of hydrogen-bond acceptors (Lipinski definition) is 2. The van der Waals surface area contributed by atoms with E-state index in [9.17, 15) is 4.79 Å². The van der Waals surface area contributed by atoms with Crippen molar-refractivity contribution in [2.24, 2.45) is 17.3 Å².